The molecule has 178 valence electrons. The Bertz CT molecular complexity index is 1340. The highest BCUT2D eigenvalue weighted by molar-refractivity contribution is 7.91. The number of halogens is 1. The fourth-order valence-corrected chi connectivity index (χ4v) is 6.74. The highest BCUT2D eigenvalue weighted by Gasteiger charge is 2.38. The van der Waals surface area contributed by atoms with Crippen LogP contribution in [0, 0.1) is 5.82 Å². The van der Waals surface area contributed by atoms with Crippen molar-refractivity contribution in [3.05, 3.63) is 76.8 Å². The molecule has 3 heterocycles. The number of carbonyl (C=O) groups excluding carboxylic acids is 1. The van der Waals surface area contributed by atoms with Gasteiger partial charge >= 0.3 is 0 Å². The molecule has 1 saturated heterocycles. The van der Waals surface area contributed by atoms with Gasteiger partial charge in [-0.3, -0.25) is 9.69 Å². The van der Waals surface area contributed by atoms with Crippen LogP contribution in [0.4, 0.5) is 10.1 Å². The molecule has 3 aliphatic heterocycles. The number of nitrogens with zero attached hydrogens (tertiary/aromatic N) is 1. The van der Waals surface area contributed by atoms with Gasteiger partial charge in [-0.2, -0.15) is 0 Å². The summed E-state index contributed by atoms with van der Waals surface area (Å²) in [5, 5.41) is 2.71. The minimum atomic E-state index is -2.91. The maximum Gasteiger partial charge on any atom is 0.260 e. The van der Waals surface area contributed by atoms with Crippen LogP contribution in [-0.2, 0) is 25.9 Å². The van der Waals surface area contributed by atoms with Gasteiger partial charge in [0.1, 0.15) is 17.2 Å². The topological polar surface area (TPSA) is 75.7 Å². The van der Waals surface area contributed by atoms with Gasteiger partial charge in [-0.25, -0.2) is 12.8 Å². The fraction of sp³-hybridized carbons (Fsp3) is 0.346. The Morgan fingerprint density at radius 3 is 2.59 bits per heavy atom. The summed E-state index contributed by atoms with van der Waals surface area (Å²) in [5.41, 5.74) is 3.84. The van der Waals surface area contributed by atoms with Gasteiger partial charge in [-0.15, -0.1) is 0 Å². The summed E-state index contributed by atoms with van der Waals surface area (Å²) in [6.07, 6.45) is 2.56. The summed E-state index contributed by atoms with van der Waals surface area (Å²) < 4.78 is 43.4. The number of nitrogens with one attached hydrogen (secondary N) is 1. The summed E-state index contributed by atoms with van der Waals surface area (Å²) >= 11 is 0. The van der Waals surface area contributed by atoms with E-state index in [0.717, 1.165) is 16.7 Å². The van der Waals surface area contributed by atoms with E-state index in [1.807, 2.05) is 51.2 Å². The van der Waals surface area contributed by atoms with Crippen molar-refractivity contribution in [3.63, 3.8) is 0 Å². The predicted octanol–water partition coefficient (Wildman–Crippen LogP) is 4.00. The van der Waals surface area contributed by atoms with Crippen LogP contribution in [0.2, 0.25) is 0 Å². The van der Waals surface area contributed by atoms with Crippen LogP contribution < -0.4 is 5.32 Å². The molecule has 1 amide bonds. The first-order valence-corrected chi connectivity index (χ1v) is 13.1. The average Bonchev–Trinajstić information content (AvgIpc) is 3.39. The molecule has 34 heavy (non-hydrogen) atoms. The Hall–Kier alpha value is -2.97. The van der Waals surface area contributed by atoms with E-state index in [1.54, 1.807) is 6.07 Å². The van der Waals surface area contributed by atoms with Crippen LogP contribution in [0.25, 0.3) is 11.1 Å². The number of rotatable bonds is 4. The number of benzene rings is 2. The van der Waals surface area contributed by atoms with Crippen LogP contribution in [0.15, 0.2) is 54.3 Å². The van der Waals surface area contributed by atoms with E-state index in [4.69, 9.17) is 4.74 Å². The lowest BCUT2D eigenvalue weighted by Gasteiger charge is -2.25. The summed E-state index contributed by atoms with van der Waals surface area (Å²) in [6.45, 7) is 4.57. The molecular formula is C26H27FN2O4S. The normalized spacial score (nSPS) is 24.7. The van der Waals surface area contributed by atoms with E-state index in [2.05, 4.69) is 10.2 Å². The number of hydrogen-bond donors (Lipinski definition) is 1. The molecule has 0 aliphatic carbocycles. The third-order valence-corrected chi connectivity index (χ3v) is 8.54. The minimum Gasteiger partial charge on any atom is -0.482 e. The zero-order chi connectivity index (χ0) is 24.3. The van der Waals surface area contributed by atoms with Gasteiger partial charge in [0.25, 0.3) is 5.91 Å². The van der Waals surface area contributed by atoms with Crippen molar-refractivity contribution in [1.82, 2.24) is 4.90 Å². The van der Waals surface area contributed by atoms with Gasteiger partial charge in [-0.05, 0) is 62.7 Å². The molecule has 0 spiro atoms. The molecule has 1 N–H and O–H groups in total. The van der Waals surface area contributed by atoms with Gasteiger partial charge in [0.15, 0.2) is 9.84 Å². The molecule has 1 unspecified atom stereocenters. The SMILES string of the molecule is CN(Cc1ccc(C2=C/C(=C3\C(=O)Nc4cc(F)ccc43)OC2(C)C)cc1)C1CCS(=O)(=O)C1. The van der Waals surface area contributed by atoms with E-state index in [1.165, 1.54) is 12.1 Å². The highest BCUT2D eigenvalue weighted by atomic mass is 32.2. The maximum absolute atomic E-state index is 13.6. The highest BCUT2D eigenvalue weighted by Crippen LogP contribution is 2.44. The van der Waals surface area contributed by atoms with Gasteiger partial charge in [0.2, 0.25) is 0 Å². The van der Waals surface area contributed by atoms with E-state index in [9.17, 15) is 17.6 Å². The summed E-state index contributed by atoms with van der Waals surface area (Å²) in [5.74, 6) is 0.236. The molecule has 8 heteroatoms. The van der Waals surface area contributed by atoms with Crippen LogP contribution in [0.3, 0.4) is 0 Å². The molecule has 2 aromatic carbocycles. The molecule has 0 radical (unpaired) electrons. The number of allylic oxidation sites excluding steroid dienone is 1. The van der Waals surface area contributed by atoms with Crippen LogP contribution >= 0.6 is 0 Å². The molecule has 6 nitrogen and oxygen atoms in total. The molecule has 0 saturated carbocycles. The number of anilines is 1. The molecular weight excluding hydrogens is 455 g/mol. The Balaban J connectivity index is 1.40. The zero-order valence-electron chi connectivity index (χ0n) is 19.4. The quantitative estimate of drug-likeness (QED) is 0.667. The molecule has 5 rings (SSSR count). The standard InChI is InChI=1S/C26H27FN2O4S/c1-26(2)21(13-23(33-26)24-20-9-8-18(27)12-22(20)28-25(24)30)17-6-4-16(5-7-17)14-29(3)19-10-11-34(31,32)15-19/h4-9,12-13,19H,10-11,14-15H2,1-3H3,(H,28,30)/b24-23+. The molecule has 1 fully saturated rings. The first kappa shape index (κ1) is 22.8. The zero-order valence-corrected chi connectivity index (χ0v) is 20.2. The Morgan fingerprint density at radius 2 is 1.91 bits per heavy atom. The van der Waals surface area contributed by atoms with Crippen molar-refractivity contribution in [2.24, 2.45) is 0 Å². The van der Waals surface area contributed by atoms with E-state index in [0.29, 0.717) is 35.5 Å². The smallest absolute Gasteiger partial charge is 0.260 e. The fourth-order valence-electron chi connectivity index (χ4n) is 4.94. The van der Waals surface area contributed by atoms with E-state index >= 15 is 0 Å². The molecule has 0 bridgehead atoms. The lowest BCUT2D eigenvalue weighted by molar-refractivity contribution is -0.111. The van der Waals surface area contributed by atoms with Gasteiger partial charge in [0, 0.05) is 23.7 Å². The van der Waals surface area contributed by atoms with Crippen molar-refractivity contribution in [3.8, 4) is 0 Å². The van der Waals surface area contributed by atoms with Crippen molar-refractivity contribution in [2.45, 2.75) is 38.5 Å². The van der Waals surface area contributed by atoms with E-state index in [-0.39, 0.29) is 23.5 Å². The number of ether oxygens (including phenoxy) is 1. The number of fused-ring (bicyclic) bond motifs is 1. The van der Waals surface area contributed by atoms with E-state index < -0.39 is 21.3 Å². The Kier molecular flexibility index (Phi) is 5.41. The van der Waals surface area contributed by atoms with Gasteiger partial charge in [-0.1, -0.05) is 24.3 Å². The Morgan fingerprint density at radius 1 is 1.18 bits per heavy atom. The summed E-state index contributed by atoms with van der Waals surface area (Å²) in [7, 11) is -0.952. The number of carbonyl (C=O) groups is 1. The predicted molar refractivity (Wildman–Crippen MR) is 130 cm³/mol. The monoisotopic (exact) mass is 482 g/mol. The average molecular weight is 483 g/mol. The van der Waals surface area contributed by atoms with Crippen LogP contribution in [0.5, 0.6) is 0 Å². The second-order valence-corrected chi connectivity index (χ2v) is 12.0. The van der Waals surface area contributed by atoms with Crippen molar-refractivity contribution < 1.29 is 22.3 Å². The van der Waals surface area contributed by atoms with Gasteiger partial charge < -0.3 is 10.1 Å². The second kappa shape index (κ2) is 8.06. The number of amides is 1. The number of hydrogen-bond acceptors (Lipinski definition) is 5. The summed E-state index contributed by atoms with van der Waals surface area (Å²) in [4.78, 5) is 14.7. The largest absolute Gasteiger partial charge is 0.482 e. The van der Waals surface area contributed by atoms with Crippen LogP contribution in [-0.4, -0.2) is 49.4 Å². The molecule has 0 aromatic heterocycles. The first-order chi connectivity index (χ1) is 16.0. The van der Waals surface area contributed by atoms with Crippen LogP contribution in [0.1, 0.15) is 37.0 Å². The third-order valence-electron chi connectivity index (χ3n) is 6.79. The lowest BCUT2D eigenvalue weighted by Crippen LogP contribution is -2.32. The van der Waals surface area contributed by atoms with Crippen molar-refractivity contribution in [2.75, 3.05) is 23.9 Å². The Labute approximate surface area is 199 Å². The molecule has 2 aromatic rings. The molecule has 3 aliphatic rings. The first-order valence-electron chi connectivity index (χ1n) is 11.3. The lowest BCUT2D eigenvalue weighted by atomic mass is 9.91. The maximum atomic E-state index is 13.6. The second-order valence-electron chi connectivity index (χ2n) is 9.72. The van der Waals surface area contributed by atoms with Crippen molar-refractivity contribution in [1.29, 1.82) is 0 Å². The van der Waals surface area contributed by atoms with Gasteiger partial charge in [0.05, 0.1) is 22.8 Å². The third kappa shape index (κ3) is 4.16. The summed E-state index contributed by atoms with van der Waals surface area (Å²) in [6, 6.07) is 12.4. The minimum absolute atomic E-state index is 0.0534. The number of sulfone groups is 1. The molecule has 1 atom stereocenters. The van der Waals surface area contributed by atoms with Crippen molar-refractivity contribution >= 4 is 32.6 Å².